The molecule has 0 aromatic heterocycles. The molecule has 2 unspecified atom stereocenters. The SMILES string of the molecule is NC(=O)C12CC3CC(CC(NC(=O)c4cccc(OC(F)F)c4)(C3)C1)C2. The molecular weight excluding hydrogens is 342 g/mol. The zero-order valence-corrected chi connectivity index (χ0v) is 14.3. The Balaban J connectivity index is 1.55. The normalized spacial score (nSPS) is 34.7. The molecule has 4 bridgehead atoms. The van der Waals surface area contributed by atoms with Crippen molar-refractivity contribution in [2.45, 2.75) is 50.7 Å². The van der Waals surface area contributed by atoms with E-state index in [1.807, 2.05) is 0 Å². The molecule has 5 rings (SSSR count). The number of carbonyl (C=O) groups excluding carboxylic acids is 2. The molecule has 26 heavy (non-hydrogen) atoms. The lowest BCUT2D eigenvalue weighted by Gasteiger charge is -2.61. The number of halogens is 2. The van der Waals surface area contributed by atoms with Gasteiger partial charge in [-0.15, -0.1) is 0 Å². The van der Waals surface area contributed by atoms with Crippen LogP contribution in [0.2, 0.25) is 0 Å². The summed E-state index contributed by atoms with van der Waals surface area (Å²) in [6.07, 6.45) is 4.98. The smallest absolute Gasteiger partial charge is 0.387 e. The molecule has 2 amide bonds. The lowest BCUT2D eigenvalue weighted by atomic mass is 9.46. The second-order valence-corrected chi connectivity index (χ2v) is 8.25. The number of benzene rings is 1. The highest BCUT2D eigenvalue weighted by Crippen LogP contribution is 2.61. The zero-order chi connectivity index (χ0) is 18.5. The number of hydrogen-bond acceptors (Lipinski definition) is 3. The lowest BCUT2D eigenvalue weighted by molar-refractivity contribution is -0.146. The van der Waals surface area contributed by atoms with Crippen molar-refractivity contribution >= 4 is 11.8 Å². The third-order valence-electron chi connectivity index (χ3n) is 6.28. The van der Waals surface area contributed by atoms with E-state index in [9.17, 15) is 18.4 Å². The summed E-state index contributed by atoms with van der Waals surface area (Å²) < 4.78 is 29.2. The van der Waals surface area contributed by atoms with Gasteiger partial charge < -0.3 is 15.8 Å². The van der Waals surface area contributed by atoms with Crippen molar-refractivity contribution in [2.24, 2.45) is 23.0 Å². The van der Waals surface area contributed by atoms with Crippen LogP contribution in [0.15, 0.2) is 24.3 Å². The van der Waals surface area contributed by atoms with Gasteiger partial charge in [0.15, 0.2) is 0 Å². The van der Waals surface area contributed by atoms with Gasteiger partial charge in [-0.05, 0) is 68.6 Å². The third-order valence-corrected chi connectivity index (χ3v) is 6.28. The van der Waals surface area contributed by atoms with Gasteiger partial charge in [0.1, 0.15) is 5.75 Å². The first-order valence-electron chi connectivity index (χ1n) is 8.97. The van der Waals surface area contributed by atoms with E-state index < -0.39 is 17.6 Å². The first-order valence-corrected chi connectivity index (χ1v) is 8.97. The summed E-state index contributed by atoms with van der Waals surface area (Å²) >= 11 is 0. The quantitative estimate of drug-likeness (QED) is 0.843. The van der Waals surface area contributed by atoms with Crippen LogP contribution in [-0.4, -0.2) is 24.0 Å². The Morgan fingerprint density at radius 1 is 1.19 bits per heavy atom. The van der Waals surface area contributed by atoms with E-state index in [0.717, 1.165) is 32.1 Å². The van der Waals surface area contributed by atoms with Gasteiger partial charge in [-0.25, -0.2) is 0 Å². The van der Waals surface area contributed by atoms with E-state index in [4.69, 9.17) is 5.73 Å². The molecule has 0 radical (unpaired) electrons. The summed E-state index contributed by atoms with van der Waals surface area (Å²) in [5, 5.41) is 3.11. The third kappa shape index (κ3) is 2.93. The Morgan fingerprint density at radius 3 is 2.50 bits per heavy atom. The number of primary amides is 1. The summed E-state index contributed by atoms with van der Waals surface area (Å²) in [5.74, 6) is 0.158. The fourth-order valence-corrected chi connectivity index (χ4v) is 5.82. The molecule has 5 nitrogen and oxygen atoms in total. The van der Waals surface area contributed by atoms with Gasteiger partial charge in [0.25, 0.3) is 5.91 Å². The Labute approximate surface area is 150 Å². The minimum atomic E-state index is -2.94. The topological polar surface area (TPSA) is 81.4 Å². The highest BCUT2D eigenvalue weighted by molar-refractivity contribution is 5.95. The largest absolute Gasteiger partial charge is 0.435 e. The first-order chi connectivity index (χ1) is 12.3. The Morgan fingerprint density at radius 2 is 1.88 bits per heavy atom. The molecule has 0 spiro atoms. The van der Waals surface area contributed by atoms with E-state index in [-0.39, 0.29) is 23.1 Å². The summed E-state index contributed by atoms with van der Waals surface area (Å²) in [6.45, 7) is -2.94. The van der Waals surface area contributed by atoms with Gasteiger partial charge in [-0.2, -0.15) is 8.78 Å². The van der Waals surface area contributed by atoms with Gasteiger partial charge in [0, 0.05) is 11.1 Å². The molecule has 4 saturated carbocycles. The number of ether oxygens (including phenoxy) is 1. The number of rotatable bonds is 5. The summed E-state index contributed by atoms with van der Waals surface area (Å²) in [4.78, 5) is 24.9. The zero-order valence-electron chi connectivity index (χ0n) is 14.3. The summed E-state index contributed by atoms with van der Waals surface area (Å²) in [6, 6.07) is 5.77. The molecule has 2 atom stereocenters. The van der Waals surface area contributed by atoms with Crippen LogP contribution in [0.25, 0.3) is 0 Å². The first kappa shape index (κ1) is 17.2. The average molecular weight is 364 g/mol. The molecule has 0 heterocycles. The minimum absolute atomic E-state index is 0.0493. The molecule has 3 N–H and O–H groups in total. The molecular formula is C19H22F2N2O3. The van der Waals surface area contributed by atoms with Crippen LogP contribution < -0.4 is 15.8 Å². The van der Waals surface area contributed by atoms with Crippen molar-refractivity contribution in [1.29, 1.82) is 0 Å². The van der Waals surface area contributed by atoms with Crippen LogP contribution >= 0.6 is 0 Å². The molecule has 0 saturated heterocycles. The van der Waals surface area contributed by atoms with E-state index in [0.29, 0.717) is 18.3 Å². The number of nitrogens with two attached hydrogens (primary N) is 1. The van der Waals surface area contributed by atoms with E-state index >= 15 is 0 Å². The van der Waals surface area contributed by atoms with E-state index in [1.165, 1.54) is 18.2 Å². The van der Waals surface area contributed by atoms with Crippen molar-refractivity contribution in [2.75, 3.05) is 0 Å². The standard InChI is InChI=1S/C19H22F2N2O3/c20-17(21)26-14-3-1-2-13(5-14)15(24)23-19-8-11-4-12(9-19)7-18(6-11,10-19)16(22)25/h1-3,5,11-12,17H,4,6-10H2,(H2,22,25)(H,23,24). The predicted molar refractivity (Wildman–Crippen MR) is 89.6 cm³/mol. The Bertz CT molecular complexity index is 738. The second kappa shape index (κ2) is 5.93. The number of amides is 2. The van der Waals surface area contributed by atoms with Crippen molar-refractivity contribution < 1.29 is 23.1 Å². The van der Waals surface area contributed by atoms with Crippen LogP contribution in [0.4, 0.5) is 8.78 Å². The van der Waals surface area contributed by atoms with Crippen LogP contribution in [0, 0.1) is 17.3 Å². The molecule has 1 aromatic carbocycles. The predicted octanol–water partition coefficient (Wildman–Crippen LogP) is 2.84. The Hall–Kier alpha value is -2.18. The number of alkyl halides is 2. The summed E-state index contributed by atoms with van der Waals surface area (Å²) in [5.41, 5.74) is 5.04. The molecule has 4 fully saturated rings. The maximum absolute atomic E-state index is 12.8. The fraction of sp³-hybridized carbons (Fsp3) is 0.579. The molecule has 1 aromatic rings. The van der Waals surface area contributed by atoms with Gasteiger partial charge in [-0.3, -0.25) is 9.59 Å². The lowest BCUT2D eigenvalue weighted by Crippen LogP contribution is -2.65. The average Bonchev–Trinajstić information content (AvgIpc) is 2.52. The van der Waals surface area contributed by atoms with Crippen LogP contribution in [-0.2, 0) is 4.79 Å². The van der Waals surface area contributed by atoms with Gasteiger partial charge in [0.2, 0.25) is 5.91 Å². The highest BCUT2D eigenvalue weighted by Gasteiger charge is 2.60. The monoisotopic (exact) mass is 364 g/mol. The number of hydrogen-bond donors (Lipinski definition) is 2. The summed E-state index contributed by atoms with van der Waals surface area (Å²) in [7, 11) is 0. The van der Waals surface area contributed by atoms with Crippen LogP contribution in [0.5, 0.6) is 5.75 Å². The van der Waals surface area contributed by atoms with Crippen molar-refractivity contribution in [3.8, 4) is 5.75 Å². The number of carbonyl (C=O) groups is 2. The van der Waals surface area contributed by atoms with Crippen molar-refractivity contribution in [3.05, 3.63) is 29.8 Å². The van der Waals surface area contributed by atoms with Crippen LogP contribution in [0.1, 0.15) is 48.9 Å². The van der Waals surface area contributed by atoms with Crippen LogP contribution in [0.3, 0.4) is 0 Å². The molecule has 4 aliphatic rings. The van der Waals surface area contributed by atoms with Crippen molar-refractivity contribution in [1.82, 2.24) is 5.32 Å². The second-order valence-electron chi connectivity index (χ2n) is 8.25. The fourth-order valence-electron chi connectivity index (χ4n) is 5.82. The maximum atomic E-state index is 12.8. The molecule has 140 valence electrons. The minimum Gasteiger partial charge on any atom is -0.435 e. The van der Waals surface area contributed by atoms with Gasteiger partial charge in [-0.1, -0.05) is 6.07 Å². The van der Waals surface area contributed by atoms with E-state index in [2.05, 4.69) is 10.1 Å². The Kier molecular flexibility index (Phi) is 3.93. The maximum Gasteiger partial charge on any atom is 0.387 e. The molecule has 0 aliphatic heterocycles. The van der Waals surface area contributed by atoms with Crippen molar-refractivity contribution in [3.63, 3.8) is 0 Å². The number of nitrogens with one attached hydrogen (secondary N) is 1. The molecule has 4 aliphatic carbocycles. The highest BCUT2D eigenvalue weighted by atomic mass is 19.3. The van der Waals surface area contributed by atoms with E-state index in [1.54, 1.807) is 6.07 Å². The van der Waals surface area contributed by atoms with Gasteiger partial charge >= 0.3 is 6.61 Å². The molecule has 7 heteroatoms. The van der Waals surface area contributed by atoms with Gasteiger partial charge in [0.05, 0.1) is 5.41 Å².